The van der Waals surface area contributed by atoms with Gasteiger partial charge < -0.3 is 15.1 Å². The molecule has 0 bridgehead atoms. The van der Waals surface area contributed by atoms with Gasteiger partial charge in [-0.05, 0) is 68.4 Å². The van der Waals surface area contributed by atoms with Gasteiger partial charge in [0.05, 0.1) is 6.61 Å². The van der Waals surface area contributed by atoms with Gasteiger partial charge >= 0.3 is 11.9 Å². The minimum absolute atomic E-state index is 0.200. The minimum Gasteiger partial charge on any atom is -0.478 e. The molecular formula is C29H35ClN2O6. The summed E-state index contributed by atoms with van der Waals surface area (Å²) in [6.45, 7) is 3.29. The smallest absolute Gasteiger partial charge is 0.328 e. The number of benzene rings is 2. The van der Waals surface area contributed by atoms with Crippen LogP contribution in [0.15, 0.2) is 66.8 Å². The van der Waals surface area contributed by atoms with Crippen molar-refractivity contribution in [3.8, 4) is 0 Å². The van der Waals surface area contributed by atoms with Gasteiger partial charge in [0.1, 0.15) is 0 Å². The number of hydrogen-bond donors (Lipinski definition) is 3. The number of halogens is 1. The highest BCUT2D eigenvalue weighted by atomic mass is 35.5. The number of rotatable bonds is 12. The average Bonchev–Trinajstić information content (AvgIpc) is 3.04. The summed E-state index contributed by atoms with van der Waals surface area (Å²) in [5, 5.41) is 16.4. The van der Waals surface area contributed by atoms with Crippen LogP contribution in [0.25, 0.3) is 0 Å². The fourth-order valence-electron chi connectivity index (χ4n) is 4.02. The number of unbranched alkanes of at least 4 members (excludes halogenated alkanes) is 4. The molecule has 204 valence electrons. The zero-order chi connectivity index (χ0) is 27.8. The second-order valence-electron chi connectivity index (χ2n) is 8.57. The fourth-order valence-corrected chi connectivity index (χ4v) is 4.19. The van der Waals surface area contributed by atoms with Crippen LogP contribution in [-0.2, 0) is 32.1 Å². The van der Waals surface area contributed by atoms with Gasteiger partial charge in [0.2, 0.25) is 0 Å². The fraction of sp³-hybridized carbons (Fsp3) is 0.345. The maximum atomic E-state index is 11.4. The molecule has 0 unspecified atom stereocenters. The van der Waals surface area contributed by atoms with Crippen LogP contribution in [0.3, 0.4) is 0 Å². The number of nitrogens with one attached hydrogen (secondary N) is 1. The van der Waals surface area contributed by atoms with Crippen molar-refractivity contribution in [2.24, 2.45) is 0 Å². The lowest BCUT2D eigenvalue weighted by atomic mass is 10.0. The van der Waals surface area contributed by atoms with E-state index in [2.05, 4.69) is 46.8 Å². The lowest BCUT2D eigenvalue weighted by molar-refractivity contribution is -0.134. The molecule has 1 aliphatic heterocycles. The second-order valence-corrected chi connectivity index (χ2v) is 9.00. The van der Waals surface area contributed by atoms with Gasteiger partial charge in [-0.25, -0.2) is 15.1 Å². The van der Waals surface area contributed by atoms with Crippen LogP contribution in [0.2, 0.25) is 5.02 Å². The average molecular weight is 543 g/mol. The highest BCUT2D eigenvalue weighted by molar-refractivity contribution is 6.30. The normalized spacial score (nSPS) is 12.3. The Kier molecular flexibility index (Phi) is 13.7. The Bertz CT molecular complexity index is 1120. The standard InChI is InChI=1S/C25H31ClN2O2.C4H4O4/c1-2-30-27-25(29)13-7-5-3-4-6-10-18-28-23-12-9-8-11-20(23)14-15-21-16-17-22(26)19-24(21)28;5-3(6)1-2-4(7)8/h7-9,11-13,16-17,19H,2-6,10,14-15,18H2,1H3,(H,27,29);1-2H,(H,5,6)(H,7,8)/b13-7+;2-1-. The van der Waals surface area contributed by atoms with E-state index in [0.29, 0.717) is 18.8 Å². The van der Waals surface area contributed by atoms with E-state index in [1.54, 1.807) is 6.08 Å². The van der Waals surface area contributed by atoms with Crippen molar-refractivity contribution in [1.82, 2.24) is 5.48 Å². The predicted molar refractivity (Wildman–Crippen MR) is 149 cm³/mol. The highest BCUT2D eigenvalue weighted by Gasteiger charge is 2.20. The first-order valence-corrected chi connectivity index (χ1v) is 13.1. The summed E-state index contributed by atoms with van der Waals surface area (Å²) in [6, 6.07) is 15.0. The summed E-state index contributed by atoms with van der Waals surface area (Å²) >= 11 is 6.34. The summed E-state index contributed by atoms with van der Waals surface area (Å²) in [5.74, 6) is -2.71. The zero-order valence-electron chi connectivity index (χ0n) is 21.6. The molecule has 3 rings (SSSR count). The highest BCUT2D eigenvalue weighted by Crippen LogP contribution is 2.37. The number of amides is 1. The van der Waals surface area contributed by atoms with Gasteiger partial charge in [-0.1, -0.05) is 54.8 Å². The maximum Gasteiger partial charge on any atom is 0.328 e. The number of carboxylic acids is 2. The summed E-state index contributed by atoms with van der Waals surface area (Å²) in [4.78, 5) is 37.8. The third-order valence-electron chi connectivity index (χ3n) is 5.74. The molecular weight excluding hydrogens is 508 g/mol. The van der Waals surface area contributed by atoms with Crippen LogP contribution in [0.4, 0.5) is 11.4 Å². The summed E-state index contributed by atoms with van der Waals surface area (Å²) in [6.07, 6.45) is 12.1. The Balaban J connectivity index is 0.000000550. The van der Waals surface area contributed by atoms with Crippen molar-refractivity contribution >= 4 is 40.8 Å². The molecule has 2 aromatic carbocycles. The van der Waals surface area contributed by atoms with E-state index in [1.807, 2.05) is 19.1 Å². The van der Waals surface area contributed by atoms with Gasteiger partial charge in [0, 0.05) is 41.2 Å². The molecule has 2 aromatic rings. The van der Waals surface area contributed by atoms with Crippen LogP contribution in [0, 0.1) is 0 Å². The first kappa shape index (κ1) is 30.6. The second kappa shape index (κ2) is 17.0. The molecule has 0 fully saturated rings. The first-order valence-electron chi connectivity index (χ1n) is 12.7. The van der Waals surface area contributed by atoms with Crippen molar-refractivity contribution in [2.45, 2.75) is 51.9 Å². The Hall–Kier alpha value is -3.62. The quantitative estimate of drug-likeness (QED) is 0.175. The number of aliphatic carboxylic acids is 2. The number of carboxylic acid groups (broad SMARTS) is 2. The molecule has 9 heteroatoms. The summed E-state index contributed by atoms with van der Waals surface area (Å²) < 4.78 is 0. The Morgan fingerprint density at radius 2 is 1.58 bits per heavy atom. The number of nitrogens with zero attached hydrogens (tertiary/aromatic N) is 1. The van der Waals surface area contributed by atoms with E-state index in [0.717, 1.165) is 56.5 Å². The molecule has 3 N–H and O–H groups in total. The van der Waals surface area contributed by atoms with E-state index in [-0.39, 0.29) is 5.91 Å². The van der Waals surface area contributed by atoms with Crippen molar-refractivity contribution in [3.05, 3.63) is 82.9 Å². The number of allylic oxidation sites excluding steroid dienone is 1. The first-order chi connectivity index (χ1) is 18.3. The number of carbonyl (C=O) groups is 3. The number of aryl methyl sites for hydroxylation is 2. The van der Waals surface area contributed by atoms with E-state index in [4.69, 9.17) is 26.7 Å². The number of hydrogen-bond acceptors (Lipinski definition) is 5. The van der Waals surface area contributed by atoms with Crippen molar-refractivity contribution in [3.63, 3.8) is 0 Å². The summed E-state index contributed by atoms with van der Waals surface area (Å²) in [7, 11) is 0. The molecule has 0 radical (unpaired) electrons. The van der Waals surface area contributed by atoms with E-state index < -0.39 is 11.9 Å². The molecule has 8 nitrogen and oxygen atoms in total. The molecule has 38 heavy (non-hydrogen) atoms. The van der Waals surface area contributed by atoms with E-state index in [9.17, 15) is 14.4 Å². The molecule has 0 atom stereocenters. The number of hydroxylamine groups is 1. The third-order valence-corrected chi connectivity index (χ3v) is 5.98. The Morgan fingerprint density at radius 3 is 2.26 bits per heavy atom. The van der Waals surface area contributed by atoms with Gasteiger partial charge in [0.15, 0.2) is 0 Å². The van der Waals surface area contributed by atoms with Crippen molar-refractivity contribution in [2.75, 3.05) is 18.1 Å². The van der Waals surface area contributed by atoms with Crippen LogP contribution in [0.5, 0.6) is 0 Å². The third kappa shape index (κ3) is 11.2. The van der Waals surface area contributed by atoms with Gasteiger partial charge in [-0.2, -0.15) is 0 Å². The van der Waals surface area contributed by atoms with Crippen molar-refractivity contribution in [1.29, 1.82) is 0 Å². The molecule has 0 aromatic heterocycles. The molecule has 0 aliphatic carbocycles. The van der Waals surface area contributed by atoms with E-state index >= 15 is 0 Å². The van der Waals surface area contributed by atoms with Gasteiger partial charge in [-0.3, -0.25) is 9.63 Å². The largest absolute Gasteiger partial charge is 0.478 e. The molecule has 1 heterocycles. The van der Waals surface area contributed by atoms with Gasteiger partial charge in [0.25, 0.3) is 5.91 Å². The lowest BCUT2D eigenvalue weighted by Gasteiger charge is -2.27. The van der Waals surface area contributed by atoms with Gasteiger partial charge in [-0.15, -0.1) is 0 Å². The van der Waals surface area contributed by atoms with Crippen LogP contribution in [0.1, 0.15) is 50.2 Å². The van der Waals surface area contributed by atoms with Crippen LogP contribution >= 0.6 is 11.6 Å². The summed E-state index contributed by atoms with van der Waals surface area (Å²) in [5.41, 5.74) is 7.69. The minimum atomic E-state index is -1.26. The monoisotopic (exact) mass is 542 g/mol. The molecule has 0 saturated heterocycles. The predicted octanol–water partition coefficient (Wildman–Crippen LogP) is 5.86. The topological polar surface area (TPSA) is 116 Å². The van der Waals surface area contributed by atoms with Crippen LogP contribution < -0.4 is 10.4 Å². The number of fused-ring (bicyclic) bond motifs is 2. The number of anilines is 2. The molecule has 1 amide bonds. The van der Waals surface area contributed by atoms with Crippen molar-refractivity contribution < 1.29 is 29.4 Å². The number of carbonyl (C=O) groups excluding carboxylic acids is 1. The SMILES string of the molecule is CCONC(=O)/C=C/CCCCCCN1c2ccccc2CCc2ccc(Cl)cc21.O=C(O)/C=C\C(=O)O. The maximum absolute atomic E-state index is 11.4. The molecule has 0 spiro atoms. The zero-order valence-corrected chi connectivity index (χ0v) is 22.3. The Labute approximate surface area is 228 Å². The number of para-hydroxylation sites is 1. The lowest BCUT2D eigenvalue weighted by Crippen LogP contribution is -2.20. The van der Waals surface area contributed by atoms with Crippen LogP contribution in [-0.4, -0.2) is 41.2 Å². The van der Waals surface area contributed by atoms with E-state index in [1.165, 1.54) is 22.5 Å². The Morgan fingerprint density at radius 1 is 0.921 bits per heavy atom. The molecule has 1 aliphatic rings. The molecule has 0 saturated carbocycles.